The molecule has 184 valence electrons. The van der Waals surface area contributed by atoms with Crippen molar-refractivity contribution in [3.8, 4) is 11.5 Å². The molecule has 3 aromatic heterocycles. The fourth-order valence-electron chi connectivity index (χ4n) is 4.11. The number of hydrogen-bond donors (Lipinski definition) is 1. The number of benzene rings is 2. The standard InChI is InChI=1S/C25H23N5O5S/c1-28-11-10-26-20(28)13-30-24(32)23-22(16-6-4-5-7-19(16)36-23)29(25(30)33)14-21(31)27-17-9-8-15(34-2)12-18(17)35-3/h4-12H,13-14H2,1-3H3,(H,27,31). The highest BCUT2D eigenvalue weighted by atomic mass is 32.1. The first-order valence-corrected chi connectivity index (χ1v) is 11.9. The highest BCUT2D eigenvalue weighted by Gasteiger charge is 2.21. The van der Waals surface area contributed by atoms with Gasteiger partial charge in [0.05, 0.1) is 32.0 Å². The van der Waals surface area contributed by atoms with Crippen LogP contribution in [0.5, 0.6) is 11.5 Å². The first-order chi connectivity index (χ1) is 17.4. The number of rotatable bonds is 7. The van der Waals surface area contributed by atoms with Crippen LogP contribution in [0, 0.1) is 0 Å². The second-order valence-electron chi connectivity index (χ2n) is 8.10. The Morgan fingerprint density at radius 1 is 1.08 bits per heavy atom. The summed E-state index contributed by atoms with van der Waals surface area (Å²) < 4.78 is 16.1. The largest absolute Gasteiger partial charge is 0.497 e. The van der Waals surface area contributed by atoms with Crippen molar-refractivity contribution in [3.63, 3.8) is 0 Å². The van der Waals surface area contributed by atoms with Gasteiger partial charge in [-0.25, -0.2) is 9.78 Å². The van der Waals surface area contributed by atoms with E-state index in [4.69, 9.17) is 9.47 Å². The van der Waals surface area contributed by atoms with Gasteiger partial charge in [0.2, 0.25) is 5.91 Å². The lowest BCUT2D eigenvalue weighted by atomic mass is 10.2. The number of hydrogen-bond acceptors (Lipinski definition) is 7. The van der Waals surface area contributed by atoms with Gasteiger partial charge in [0, 0.05) is 35.6 Å². The first-order valence-electron chi connectivity index (χ1n) is 11.0. The molecule has 0 radical (unpaired) electrons. The molecule has 0 aliphatic carbocycles. The Balaban J connectivity index is 1.62. The van der Waals surface area contributed by atoms with Crippen molar-refractivity contribution in [1.29, 1.82) is 0 Å². The van der Waals surface area contributed by atoms with Crippen LogP contribution >= 0.6 is 11.3 Å². The highest BCUT2D eigenvalue weighted by Crippen LogP contribution is 2.31. The SMILES string of the molecule is COc1ccc(NC(=O)Cn2c(=O)n(Cc3nccn3C)c(=O)c3sc4ccccc4c32)c(OC)c1. The quantitative estimate of drug-likeness (QED) is 0.364. The number of fused-ring (bicyclic) bond motifs is 3. The smallest absolute Gasteiger partial charge is 0.332 e. The lowest BCUT2D eigenvalue weighted by Crippen LogP contribution is -2.42. The lowest BCUT2D eigenvalue weighted by Gasteiger charge is -2.14. The Bertz CT molecular complexity index is 1730. The van der Waals surface area contributed by atoms with Crippen molar-refractivity contribution in [2.75, 3.05) is 19.5 Å². The van der Waals surface area contributed by atoms with E-state index in [1.54, 1.807) is 42.2 Å². The van der Waals surface area contributed by atoms with Crippen LogP contribution < -0.4 is 26.0 Å². The molecule has 2 aromatic carbocycles. The van der Waals surface area contributed by atoms with Gasteiger partial charge in [0.25, 0.3) is 5.56 Å². The van der Waals surface area contributed by atoms with E-state index in [9.17, 15) is 14.4 Å². The van der Waals surface area contributed by atoms with Crippen molar-refractivity contribution >= 4 is 43.2 Å². The molecule has 0 spiro atoms. The molecule has 0 aliphatic heterocycles. The zero-order chi connectivity index (χ0) is 25.4. The van der Waals surface area contributed by atoms with E-state index in [2.05, 4.69) is 10.3 Å². The van der Waals surface area contributed by atoms with E-state index in [-0.39, 0.29) is 13.1 Å². The van der Waals surface area contributed by atoms with E-state index in [1.807, 2.05) is 24.3 Å². The van der Waals surface area contributed by atoms with Gasteiger partial charge >= 0.3 is 5.69 Å². The van der Waals surface area contributed by atoms with E-state index >= 15 is 0 Å². The van der Waals surface area contributed by atoms with Gasteiger partial charge in [-0.3, -0.25) is 18.7 Å². The maximum absolute atomic E-state index is 13.6. The summed E-state index contributed by atoms with van der Waals surface area (Å²) >= 11 is 1.30. The minimum absolute atomic E-state index is 0.0146. The molecule has 0 saturated heterocycles. The molecule has 0 fully saturated rings. The molecule has 1 amide bonds. The van der Waals surface area contributed by atoms with Crippen LogP contribution in [-0.2, 0) is 24.9 Å². The zero-order valence-electron chi connectivity index (χ0n) is 19.8. The van der Waals surface area contributed by atoms with Crippen LogP contribution in [0.1, 0.15) is 5.82 Å². The topological polar surface area (TPSA) is 109 Å². The van der Waals surface area contributed by atoms with E-state index in [0.29, 0.717) is 33.2 Å². The number of nitrogens with one attached hydrogen (secondary N) is 1. The molecule has 5 aromatic rings. The van der Waals surface area contributed by atoms with E-state index in [1.165, 1.54) is 30.1 Å². The van der Waals surface area contributed by atoms with E-state index in [0.717, 1.165) is 14.7 Å². The number of carbonyl (C=O) groups excluding carboxylic acids is 1. The second kappa shape index (κ2) is 9.34. The summed E-state index contributed by atoms with van der Waals surface area (Å²) in [6, 6.07) is 12.5. The summed E-state index contributed by atoms with van der Waals surface area (Å²) in [5.74, 6) is 1.10. The third-order valence-corrected chi connectivity index (χ3v) is 7.09. The summed E-state index contributed by atoms with van der Waals surface area (Å²) in [5.41, 5.74) is -0.119. The number of methoxy groups -OCH3 is 2. The number of carbonyl (C=O) groups is 1. The van der Waals surface area contributed by atoms with Crippen LogP contribution in [0.3, 0.4) is 0 Å². The van der Waals surface area contributed by atoms with Gasteiger partial charge in [-0.15, -0.1) is 11.3 Å². The van der Waals surface area contributed by atoms with Gasteiger partial charge in [-0.05, 0) is 18.2 Å². The van der Waals surface area contributed by atoms with Crippen molar-refractivity contribution in [2.45, 2.75) is 13.1 Å². The minimum atomic E-state index is -0.587. The van der Waals surface area contributed by atoms with Gasteiger partial charge in [-0.1, -0.05) is 18.2 Å². The maximum Gasteiger partial charge on any atom is 0.332 e. The summed E-state index contributed by atoms with van der Waals surface area (Å²) in [6.45, 7) is -0.314. The Labute approximate surface area is 208 Å². The van der Waals surface area contributed by atoms with Gasteiger partial charge < -0.3 is 19.4 Å². The van der Waals surface area contributed by atoms with Crippen LogP contribution in [0.4, 0.5) is 5.69 Å². The Hall–Kier alpha value is -4.38. The minimum Gasteiger partial charge on any atom is -0.497 e. The van der Waals surface area contributed by atoms with Crippen LogP contribution in [0.25, 0.3) is 20.3 Å². The molecule has 0 saturated carbocycles. The zero-order valence-corrected chi connectivity index (χ0v) is 20.7. The summed E-state index contributed by atoms with van der Waals surface area (Å²) in [7, 11) is 4.82. The molecule has 11 heteroatoms. The number of nitrogens with zero attached hydrogens (tertiary/aromatic N) is 4. The molecular weight excluding hydrogens is 482 g/mol. The van der Waals surface area contributed by atoms with Crippen molar-refractivity contribution in [3.05, 3.63) is 81.5 Å². The first kappa shape index (κ1) is 23.4. The lowest BCUT2D eigenvalue weighted by molar-refractivity contribution is -0.116. The fraction of sp³-hybridized carbons (Fsp3) is 0.200. The number of anilines is 1. The van der Waals surface area contributed by atoms with Gasteiger partial charge in [0.15, 0.2) is 0 Å². The Kier molecular flexibility index (Phi) is 6.06. The van der Waals surface area contributed by atoms with Crippen LogP contribution in [0.2, 0.25) is 0 Å². The monoisotopic (exact) mass is 505 g/mol. The molecule has 0 bridgehead atoms. The number of thiophene rings is 1. The maximum atomic E-state index is 13.6. The molecule has 3 heterocycles. The third-order valence-electron chi connectivity index (χ3n) is 5.95. The molecular formula is C25H23N5O5S. The number of imidazole rings is 1. The molecule has 1 N–H and O–H groups in total. The highest BCUT2D eigenvalue weighted by molar-refractivity contribution is 7.25. The number of ether oxygens (including phenoxy) is 2. The summed E-state index contributed by atoms with van der Waals surface area (Å²) in [5, 5.41) is 3.54. The van der Waals surface area contributed by atoms with Crippen LogP contribution in [0.15, 0.2) is 64.4 Å². The van der Waals surface area contributed by atoms with Gasteiger partial charge in [-0.2, -0.15) is 0 Å². The summed E-state index contributed by atoms with van der Waals surface area (Å²) in [4.78, 5) is 44.5. The summed E-state index contributed by atoms with van der Waals surface area (Å²) in [6.07, 6.45) is 3.35. The number of aromatic nitrogens is 4. The molecule has 10 nitrogen and oxygen atoms in total. The molecule has 5 rings (SSSR count). The predicted molar refractivity (Wildman–Crippen MR) is 138 cm³/mol. The van der Waals surface area contributed by atoms with Crippen molar-refractivity contribution in [1.82, 2.24) is 18.7 Å². The second-order valence-corrected chi connectivity index (χ2v) is 9.16. The molecule has 36 heavy (non-hydrogen) atoms. The molecule has 0 aliphatic rings. The van der Waals surface area contributed by atoms with Crippen molar-refractivity contribution < 1.29 is 14.3 Å². The average molecular weight is 506 g/mol. The van der Waals surface area contributed by atoms with Crippen LogP contribution in [-0.4, -0.2) is 38.8 Å². The average Bonchev–Trinajstić information content (AvgIpc) is 3.48. The Morgan fingerprint density at radius 3 is 2.61 bits per heavy atom. The van der Waals surface area contributed by atoms with Gasteiger partial charge in [0.1, 0.15) is 28.6 Å². The Morgan fingerprint density at radius 2 is 1.89 bits per heavy atom. The number of amides is 1. The van der Waals surface area contributed by atoms with Crippen molar-refractivity contribution in [2.24, 2.45) is 7.05 Å². The molecule has 0 unspecified atom stereocenters. The molecule has 0 atom stereocenters. The fourth-order valence-corrected chi connectivity index (χ4v) is 5.26. The predicted octanol–water partition coefficient (Wildman–Crippen LogP) is 2.82. The normalized spacial score (nSPS) is 11.2. The number of aryl methyl sites for hydroxylation is 1. The third kappa shape index (κ3) is 4.03. The van der Waals surface area contributed by atoms with E-state index < -0.39 is 17.2 Å².